The number of nitrogens with one attached hydrogen (secondary N) is 1. The van der Waals surface area contributed by atoms with E-state index in [1.807, 2.05) is 19.2 Å². The largest absolute Gasteiger partial charge is 0.361 e. The molecular formula is C10H8N2. The van der Waals surface area contributed by atoms with Gasteiger partial charge in [0.15, 0.2) is 0 Å². The van der Waals surface area contributed by atoms with Crippen molar-refractivity contribution in [1.82, 2.24) is 9.97 Å². The van der Waals surface area contributed by atoms with Crippen LogP contribution in [0.3, 0.4) is 0 Å². The van der Waals surface area contributed by atoms with Gasteiger partial charge in [-0.05, 0) is 24.5 Å². The Labute approximate surface area is 70.6 Å². The summed E-state index contributed by atoms with van der Waals surface area (Å²) in [5.74, 6) is 2.55. The summed E-state index contributed by atoms with van der Waals surface area (Å²) in [5, 5.41) is 1.03. The highest BCUT2D eigenvalue weighted by Crippen LogP contribution is 2.17. The number of rotatable bonds is 0. The molecule has 0 saturated heterocycles. The van der Waals surface area contributed by atoms with E-state index < -0.39 is 0 Å². The van der Waals surface area contributed by atoms with Gasteiger partial charge in [-0.3, -0.25) is 0 Å². The highest BCUT2D eigenvalue weighted by atomic mass is 14.7. The van der Waals surface area contributed by atoms with Gasteiger partial charge in [0.1, 0.15) is 5.69 Å². The van der Waals surface area contributed by atoms with E-state index in [1.54, 1.807) is 6.20 Å². The van der Waals surface area contributed by atoms with E-state index in [0.717, 1.165) is 16.5 Å². The van der Waals surface area contributed by atoms with Crippen molar-refractivity contribution in [3.05, 3.63) is 29.7 Å². The molecule has 1 N–H and O–H groups in total. The molecule has 0 aliphatic carbocycles. The van der Waals surface area contributed by atoms with Crippen LogP contribution in [0.4, 0.5) is 0 Å². The number of aromatic nitrogens is 2. The molecule has 12 heavy (non-hydrogen) atoms. The molecule has 0 aliphatic heterocycles. The molecule has 0 unspecified atom stereocenters. The fourth-order valence-electron chi connectivity index (χ4n) is 1.30. The molecule has 0 saturated carbocycles. The maximum absolute atomic E-state index is 5.30. The maximum atomic E-state index is 5.30. The minimum atomic E-state index is 0.705. The van der Waals surface area contributed by atoms with Crippen LogP contribution in [0, 0.1) is 19.3 Å². The normalized spacial score (nSPS) is 10.0. The molecule has 0 aromatic carbocycles. The van der Waals surface area contributed by atoms with Crippen molar-refractivity contribution in [2.24, 2.45) is 0 Å². The Balaban J connectivity index is 2.94. The van der Waals surface area contributed by atoms with Crippen molar-refractivity contribution in [2.45, 2.75) is 6.92 Å². The first-order valence-corrected chi connectivity index (χ1v) is 3.72. The molecular weight excluding hydrogens is 148 g/mol. The highest BCUT2D eigenvalue weighted by molar-refractivity contribution is 5.86. The summed E-state index contributed by atoms with van der Waals surface area (Å²) in [6, 6.07) is 1.95. The van der Waals surface area contributed by atoms with Gasteiger partial charge in [-0.25, -0.2) is 4.98 Å². The van der Waals surface area contributed by atoms with Crippen LogP contribution in [-0.2, 0) is 0 Å². The van der Waals surface area contributed by atoms with Crippen molar-refractivity contribution in [3.8, 4) is 12.3 Å². The molecule has 0 radical (unpaired) electrons. The Kier molecular flexibility index (Phi) is 1.38. The second-order valence-corrected chi connectivity index (χ2v) is 2.70. The highest BCUT2D eigenvalue weighted by Gasteiger charge is 2.02. The summed E-state index contributed by atoms with van der Waals surface area (Å²) in [6.07, 6.45) is 8.96. The van der Waals surface area contributed by atoms with E-state index in [2.05, 4.69) is 15.9 Å². The lowest BCUT2D eigenvalue weighted by molar-refractivity contribution is 1.27. The summed E-state index contributed by atoms with van der Waals surface area (Å²) in [4.78, 5) is 7.27. The lowest BCUT2D eigenvalue weighted by Crippen LogP contribution is -1.85. The molecule has 2 aromatic heterocycles. The van der Waals surface area contributed by atoms with Gasteiger partial charge in [0.05, 0.1) is 5.52 Å². The lowest BCUT2D eigenvalue weighted by Gasteiger charge is -1.96. The lowest BCUT2D eigenvalue weighted by atomic mass is 10.2. The Morgan fingerprint density at radius 3 is 3.17 bits per heavy atom. The van der Waals surface area contributed by atoms with Crippen LogP contribution < -0.4 is 0 Å². The van der Waals surface area contributed by atoms with Crippen LogP contribution in [0.15, 0.2) is 18.5 Å². The van der Waals surface area contributed by atoms with Crippen LogP contribution >= 0.6 is 0 Å². The Bertz CT molecular complexity index is 460. The Morgan fingerprint density at radius 2 is 2.42 bits per heavy atom. The summed E-state index contributed by atoms with van der Waals surface area (Å²) in [5.41, 5.74) is 2.91. The maximum Gasteiger partial charge on any atom is 0.122 e. The van der Waals surface area contributed by atoms with Gasteiger partial charge in [0.25, 0.3) is 0 Å². The molecule has 2 heteroatoms. The van der Waals surface area contributed by atoms with Gasteiger partial charge >= 0.3 is 0 Å². The topological polar surface area (TPSA) is 28.7 Å². The van der Waals surface area contributed by atoms with Gasteiger partial charge in [-0.1, -0.05) is 0 Å². The average molecular weight is 156 g/mol. The molecule has 0 fully saturated rings. The van der Waals surface area contributed by atoms with Gasteiger partial charge < -0.3 is 4.98 Å². The molecule has 58 valence electrons. The van der Waals surface area contributed by atoms with E-state index in [9.17, 15) is 0 Å². The summed E-state index contributed by atoms with van der Waals surface area (Å²) in [6.45, 7) is 2.01. The quantitative estimate of drug-likeness (QED) is 0.579. The monoisotopic (exact) mass is 156 g/mol. The minimum Gasteiger partial charge on any atom is -0.361 e. The predicted molar refractivity (Wildman–Crippen MR) is 48.8 cm³/mol. The zero-order chi connectivity index (χ0) is 8.55. The number of aryl methyl sites for hydroxylation is 1. The number of fused-ring (bicyclic) bond motifs is 1. The van der Waals surface area contributed by atoms with Gasteiger partial charge in [0.2, 0.25) is 0 Å². The molecule has 0 amide bonds. The molecule has 0 spiro atoms. The second-order valence-electron chi connectivity index (χ2n) is 2.70. The fourth-order valence-corrected chi connectivity index (χ4v) is 1.30. The molecule has 0 bridgehead atoms. The van der Waals surface area contributed by atoms with Crippen LogP contribution in [0.25, 0.3) is 10.9 Å². The molecule has 0 atom stereocenters. The average Bonchev–Trinajstić information content (AvgIpc) is 2.54. The van der Waals surface area contributed by atoms with E-state index in [4.69, 9.17) is 6.42 Å². The third-order valence-electron chi connectivity index (χ3n) is 1.92. The van der Waals surface area contributed by atoms with Crippen molar-refractivity contribution in [2.75, 3.05) is 0 Å². The standard InChI is InChI=1S/C10H8N2/c1-3-9-8-4-5-11-10(8)7(2)6-12-9/h1,4-6,11H,2H3. The predicted octanol–water partition coefficient (Wildman–Crippen LogP) is 1.85. The molecule has 2 aromatic rings. The number of hydrogen-bond acceptors (Lipinski definition) is 1. The molecule has 2 nitrogen and oxygen atoms in total. The molecule has 0 aliphatic rings. The van der Waals surface area contributed by atoms with Crippen molar-refractivity contribution >= 4 is 10.9 Å². The van der Waals surface area contributed by atoms with E-state index in [1.165, 1.54) is 0 Å². The van der Waals surface area contributed by atoms with Crippen molar-refractivity contribution in [3.63, 3.8) is 0 Å². The van der Waals surface area contributed by atoms with Crippen LogP contribution in [0.2, 0.25) is 0 Å². The van der Waals surface area contributed by atoms with Gasteiger partial charge in [-0.15, -0.1) is 6.42 Å². The van der Waals surface area contributed by atoms with Crippen LogP contribution in [-0.4, -0.2) is 9.97 Å². The number of hydrogen-bond donors (Lipinski definition) is 1. The third kappa shape index (κ3) is 0.802. The first kappa shape index (κ1) is 6.93. The summed E-state index contributed by atoms with van der Waals surface area (Å²) >= 11 is 0. The van der Waals surface area contributed by atoms with Crippen molar-refractivity contribution < 1.29 is 0 Å². The fraction of sp³-hybridized carbons (Fsp3) is 0.100. The number of pyridine rings is 1. The van der Waals surface area contributed by atoms with Crippen LogP contribution in [0.5, 0.6) is 0 Å². The van der Waals surface area contributed by atoms with Gasteiger partial charge in [0, 0.05) is 17.8 Å². The number of aromatic amines is 1. The number of H-pyrrole nitrogens is 1. The zero-order valence-corrected chi connectivity index (χ0v) is 6.76. The number of terminal acetylenes is 1. The summed E-state index contributed by atoms with van der Waals surface area (Å²) < 4.78 is 0. The smallest absolute Gasteiger partial charge is 0.122 e. The van der Waals surface area contributed by atoms with E-state index in [0.29, 0.717) is 5.69 Å². The van der Waals surface area contributed by atoms with Gasteiger partial charge in [-0.2, -0.15) is 0 Å². The van der Waals surface area contributed by atoms with Crippen molar-refractivity contribution in [1.29, 1.82) is 0 Å². The Morgan fingerprint density at radius 1 is 1.58 bits per heavy atom. The minimum absolute atomic E-state index is 0.705. The SMILES string of the molecule is C#Cc1ncc(C)c2[nH]ccc12. The Hall–Kier alpha value is -1.75. The molecule has 2 heterocycles. The van der Waals surface area contributed by atoms with Crippen LogP contribution in [0.1, 0.15) is 11.3 Å². The first-order chi connectivity index (χ1) is 5.83. The third-order valence-corrected chi connectivity index (χ3v) is 1.92. The second kappa shape index (κ2) is 2.38. The zero-order valence-electron chi connectivity index (χ0n) is 6.76. The first-order valence-electron chi connectivity index (χ1n) is 3.72. The van der Waals surface area contributed by atoms with E-state index in [-0.39, 0.29) is 0 Å². The number of nitrogens with zero attached hydrogens (tertiary/aromatic N) is 1. The summed E-state index contributed by atoms with van der Waals surface area (Å²) in [7, 11) is 0. The van der Waals surface area contributed by atoms with E-state index >= 15 is 0 Å². The molecule has 2 rings (SSSR count).